The first kappa shape index (κ1) is 7.97. The molecule has 5 nitrogen and oxygen atoms in total. The molecule has 13 heavy (non-hydrogen) atoms. The van der Waals surface area contributed by atoms with Gasteiger partial charge >= 0.3 is 0 Å². The third-order valence-corrected chi connectivity index (χ3v) is 1.84. The van der Waals surface area contributed by atoms with Crippen molar-refractivity contribution in [1.82, 2.24) is 15.4 Å². The van der Waals surface area contributed by atoms with Gasteiger partial charge in [0.05, 0.1) is 0 Å². The van der Waals surface area contributed by atoms with Crippen LogP contribution in [0.1, 0.15) is 12.8 Å². The van der Waals surface area contributed by atoms with Crippen LogP contribution in [0.4, 0.5) is 5.95 Å². The van der Waals surface area contributed by atoms with Crippen LogP contribution < -0.4 is 10.4 Å². The molecule has 0 aromatic carbocycles. The van der Waals surface area contributed by atoms with Crippen molar-refractivity contribution < 1.29 is 4.79 Å². The Balaban J connectivity index is 2.13. The number of aromatic nitrogens is 2. The Bertz CT molecular complexity index is 300. The van der Waals surface area contributed by atoms with Crippen molar-refractivity contribution in [2.75, 3.05) is 11.6 Å². The van der Waals surface area contributed by atoms with Gasteiger partial charge in [0.1, 0.15) is 0 Å². The molecule has 2 heterocycles. The van der Waals surface area contributed by atoms with Crippen molar-refractivity contribution in [3.8, 4) is 0 Å². The second-order valence-corrected chi connectivity index (χ2v) is 2.84. The fraction of sp³-hybridized carbons (Fsp3) is 0.375. The highest BCUT2D eigenvalue weighted by Gasteiger charge is 2.17. The molecule has 1 N–H and O–H groups in total. The molecule has 1 fully saturated rings. The smallest absolute Gasteiger partial charge is 0.244 e. The maximum absolute atomic E-state index is 11.0. The molecule has 1 aromatic heterocycles. The average Bonchev–Trinajstić information content (AvgIpc) is 2.19. The third-order valence-electron chi connectivity index (χ3n) is 1.84. The fourth-order valence-electron chi connectivity index (χ4n) is 1.24. The minimum Gasteiger partial charge on any atom is -0.273 e. The van der Waals surface area contributed by atoms with Crippen molar-refractivity contribution in [3.63, 3.8) is 0 Å². The summed E-state index contributed by atoms with van der Waals surface area (Å²) in [5.41, 5.74) is 2.70. The minimum absolute atomic E-state index is 0.0266. The van der Waals surface area contributed by atoms with Crippen LogP contribution in [-0.2, 0) is 4.79 Å². The quantitative estimate of drug-likeness (QED) is 0.663. The van der Waals surface area contributed by atoms with Gasteiger partial charge in [-0.05, 0) is 12.5 Å². The monoisotopic (exact) mass is 178 g/mol. The maximum Gasteiger partial charge on any atom is 0.244 e. The highest BCUT2D eigenvalue weighted by molar-refractivity contribution is 5.78. The van der Waals surface area contributed by atoms with Gasteiger partial charge in [-0.2, -0.15) is 0 Å². The molecule has 2 rings (SSSR count). The Labute approximate surface area is 75.8 Å². The van der Waals surface area contributed by atoms with E-state index in [0.29, 0.717) is 12.4 Å². The highest BCUT2D eigenvalue weighted by Crippen LogP contribution is 2.07. The number of hydrazine groups is 1. The number of amides is 1. The zero-order valence-corrected chi connectivity index (χ0v) is 7.10. The Morgan fingerprint density at radius 3 is 2.85 bits per heavy atom. The minimum atomic E-state index is 0.0266. The van der Waals surface area contributed by atoms with Crippen molar-refractivity contribution in [3.05, 3.63) is 18.5 Å². The van der Waals surface area contributed by atoms with E-state index in [9.17, 15) is 4.79 Å². The van der Waals surface area contributed by atoms with E-state index in [0.717, 1.165) is 13.0 Å². The molecule has 0 atom stereocenters. The van der Waals surface area contributed by atoms with E-state index in [4.69, 9.17) is 0 Å². The average molecular weight is 178 g/mol. The van der Waals surface area contributed by atoms with Crippen molar-refractivity contribution in [2.24, 2.45) is 0 Å². The number of nitrogens with one attached hydrogen (secondary N) is 1. The Kier molecular flexibility index (Phi) is 2.08. The molecule has 5 heteroatoms. The van der Waals surface area contributed by atoms with Crippen LogP contribution in [0.3, 0.4) is 0 Å². The molecule has 0 bridgehead atoms. The molecule has 68 valence electrons. The van der Waals surface area contributed by atoms with E-state index in [1.54, 1.807) is 23.5 Å². The van der Waals surface area contributed by atoms with Crippen LogP contribution in [0.15, 0.2) is 18.5 Å². The zero-order chi connectivity index (χ0) is 9.10. The van der Waals surface area contributed by atoms with E-state index in [1.807, 2.05) is 0 Å². The summed E-state index contributed by atoms with van der Waals surface area (Å²) in [7, 11) is 0. The fourth-order valence-corrected chi connectivity index (χ4v) is 1.24. The molecule has 0 unspecified atom stereocenters. The second kappa shape index (κ2) is 3.38. The van der Waals surface area contributed by atoms with Gasteiger partial charge in [0.2, 0.25) is 11.9 Å². The molecule has 0 aliphatic carbocycles. The van der Waals surface area contributed by atoms with Gasteiger partial charge in [-0.3, -0.25) is 15.2 Å². The predicted molar refractivity (Wildman–Crippen MR) is 46.8 cm³/mol. The molecule has 1 aromatic rings. The lowest BCUT2D eigenvalue weighted by Crippen LogP contribution is -2.47. The molecular formula is C8H10N4O. The molecule has 1 amide bonds. The Morgan fingerprint density at radius 1 is 1.38 bits per heavy atom. The summed E-state index contributed by atoms with van der Waals surface area (Å²) >= 11 is 0. The van der Waals surface area contributed by atoms with Gasteiger partial charge in [0.25, 0.3) is 0 Å². The van der Waals surface area contributed by atoms with Crippen LogP contribution >= 0.6 is 0 Å². The van der Waals surface area contributed by atoms with Crippen molar-refractivity contribution in [1.29, 1.82) is 0 Å². The predicted octanol–water partition coefficient (Wildman–Crippen LogP) is 0.108. The van der Waals surface area contributed by atoms with Crippen LogP contribution in [0.25, 0.3) is 0 Å². The van der Waals surface area contributed by atoms with Gasteiger partial charge < -0.3 is 0 Å². The van der Waals surface area contributed by atoms with E-state index in [-0.39, 0.29) is 5.91 Å². The SMILES string of the molecule is O=C1CCCN(c2ncccn2)N1. The van der Waals surface area contributed by atoms with E-state index < -0.39 is 0 Å². The molecule has 0 saturated carbocycles. The molecule has 0 spiro atoms. The highest BCUT2D eigenvalue weighted by atomic mass is 16.2. The summed E-state index contributed by atoms with van der Waals surface area (Å²) in [5, 5.41) is 1.67. The molecule has 0 radical (unpaired) electrons. The Hall–Kier alpha value is -1.65. The van der Waals surface area contributed by atoms with Crippen LogP contribution in [-0.4, -0.2) is 22.4 Å². The summed E-state index contributed by atoms with van der Waals surface area (Å²) in [4.78, 5) is 19.1. The van der Waals surface area contributed by atoms with Crippen LogP contribution in [0.5, 0.6) is 0 Å². The van der Waals surface area contributed by atoms with Crippen LogP contribution in [0.2, 0.25) is 0 Å². The van der Waals surface area contributed by atoms with Gasteiger partial charge in [0.15, 0.2) is 0 Å². The number of rotatable bonds is 1. The third kappa shape index (κ3) is 1.74. The van der Waals surface area contributed by atoms with Crippen LogP contribution in [0, 0.1) is 0 Å². The normalized spacial score (nSPS) is 16.9. The first-order chi connectivity index (χ1) is 6.36. The van der Waals surface area contributed by atoms with E-state index in [1.165, 1.54) is 0 Å². The van der Waals surface area contributed by atoms with Crippen molar-refractivity contribution in [2.45, 2.75) is 12.8 Å². The second-order valence-electron chi connectivity index (χ2n) is 2.84. The molecule has 1 aliphatic heterocycles. The molecule has 1 saturated heterocycles. The molecule has 1 aliphatic rings. The number of carbonyl (C=O) groups excluding carboxylic acids is 1. The summed E-state index contributed by atoms with van der Waals surface area (Å²) in [6.07, 6.45) is 4.75. The summed E-state index contributed by atoms with van der Waals surface area (Å²) < 4.78 is 0. The summed E-state index contributed by atoms with van der Waals surface area (Å²) in [5.74, 6) is 0.578. The molecular weight excluding hydrogens is 168 g/mol. The van der Waals surface area contributed by atoms with Gasteiger partial charge in [-0.1, -0.05) is 0 Å². The largest absolute Gasteiger partial charge is 0.273 e. The Morgan fingerprint density at radius 2 is 2.15 bits per heavy atom. The lowest BCUT2D eigenvalue weighted by molar-refractivity contribution is -0.122. The first-order valence-electron chi connectivity index (χ1n) is 4.20. The van der Waals surface area contributed by atoms with Gasteiger partial charge in [-0.25, -0.2) is 9.97 Å². The number of nitrogens with zero attached hydrogens (tertiary/aromatic N) is 3. The standard InChI is InChI=1S/C8H10N4O/c13-7-3-1-6-12(11-7)8-9-4-2-5-10-8/h2,4-5H,1,3,6H2,(H,11,13). The summed E-state index contributed by atoms with van der Waals surface area (Å²) in [6.45, 7) is 0.774. The first-order valence-corrected chi connectivity index (χ1v) is 4.20. The number of carbonyl (C=O) groups is 1. The van der Waals surface area contributed by atoms with Gasteiger partial charge in [-0.15, -0.1) is 0 Å². The topological polar surface area (TPSA) is 58.1 Å². The van der Waals surface area contributed by atoms with Crippen molar-refractivity contribution >= 4 is 11.9 Å². The number of hydrogen-bond acceptors (Lipinski definition) is 4. The maximum atomic E-state index is 11.0. The lowest BCUT2D eigenvalue weighted by Gasteiger charge is -2.26. The lowest BCUT2D eigenvalue weighted by atomic mass is 10.2. The van der Waals surface area contributed by atoms with E-state index in [2.05, 4.69) is 15.4 Å². The summed E-state index contributed by atoms with van der Waals surface area (Å²) in [6, 6.07) is 1.75. The number of anilines is 1. The number of hydrogen-bond donors (Lipinski definition) is 1. The van der Waals surface area contributed by atoms with Gasteiger partial charge in [0, 0.05) is 25.4 Å². The zero-order valence-electron chi connectivity index (χ0n) is 7.10. The van der Waals surface area contributed by atoms with E-state index >= 15 is 0 Å².